The summed E-state index contributed by atoms with van der Waals surface area (Å²) < 4.78 is 13.1. The van der Waals surface area contributed by atoms with Crippen LogP contribution >= 0.6 is 11.3 Å². The molecule has 6 nitrogen and oxygen atoms in total. The quantitative estimate of drug-likeness (QED) is 0.854. The van der Waals surface area contributed by atoms with E-state index in [9.17, 15) is 14.0 Å². The van der Waals surface area contributed by atoms with Crippen molar-refractivity contribution in [3.63, 3.8) is 0 Å². The first-order valence-electron chi connectivity index (χ1n) is 9.66. The molecule has 2 aromatic rings. The number of hydrogen-bond donors (Lipinski definition) is 1. The number of benzene rings is 1. The molecule has 2 amide bonds. The molecule has 1 N–H and O–H groups in total. The number of nitrogens with one attached hydrogen (secondary N) is 1. The van der Waals surface area contributed by atoms with Crippen LogP contribution in [0.2, 0.25) is 0 Å². The average Bonchev–Trinajstić information content (AvgIpc) is 3.40. The number of nitrogens with zero attached hydrogens (tertiary/aromatic N) is 3. The maximum absolute atomic E-state index is 13.1. The molecule has 2 aliphatic rings. The van der Waals surface area contributed by atoms with Crippen molar-refractivity contribution >= 4 is 28.8 Å². The van der Waals surface area contributed by atoms with Crippen LogP contribution in [0.25, 0.3) is 0 Å². The molecule has 8 heteroatoms. The van der Waals surface area contributed by atoms with Gasteiger partial charge in [-0.2, -0.15) is 0 Å². The van der Waals surface area contributed by atoms with E-state index < -0.39 is 0 Å². The lowest BCUT2D eigenvalue weighted by Crippen LogP contribution is -2.48. The summed E-state index contributed by atoms with van der Waals surface area (Å²) in [7, 11) is 0. The molecule has 1 aliphatic carbocycles. The van der Waals surface area contributed by atoms with Gasteiger partial charge < -0.3 is 15.1 Å². The molecule has 0 spiro atoms. The number of carbonyl (C=O) groups is 2. The van der Waals surface area contributed by atoms with E-state index in [2.05, 4.69) is 15.2 Å². The minimum Gasteiger partial charge on any atom is -0.368 e. The largest absolute Gasteiger partial charge is 0.368 e. The number of carbonyl (C=O) groups excluding carboxylic acids is 2. The normalized spacial score (nSPS) is 17.8. The number of hydrogen-bond acceptors (Lipinski definition) is 5. The van der Waals surface area contributed by atoms with Crippen molar-refractivity contribution in [1.29, 1.82) is 0 Å². The van der Waals surface area contributed by atoms with Crippen LogP contribution in [0.1, 0.15) is 46.0 Å². The van der Waals surface area contributed by atoms with Crippen LogP contribution in [-0.2, 0) is 0 Å². The molecule has 1 saturated heterocycles. The van der Waals surface area contributed by atoms with Gasteiger partial charge in [-0.15, -0.1) is 11.3 Å². The molecule has 0 radical (unpaired) electrons. The number of halogens is 1. The van der Waals surface area contributed by atoms with Crippen LogP contribution in [-0.4, -0.2) is 53.9 Å². The molecule has 1 aromatic carbocycles. The van der Waals surface area contributed by atoms with Crippen LogP contribution in [0.4, 0.5) is 10.1 Å². The number of amides is 2. The maximum Gasteiger partial charge on any atom is 0.280 e. The van der Waals surface area contributed by atoms with Crippen LogP contribution in [0.15, 0.2) is 29.6 Å². The Hall–Kier alpha value is -2.48. The Morgan fingerprint density at radius 3 is 2.43 bits per heavy atom. The van der Waals surface area contributed by atoms with Crippen LogP contribution in [0.5, 0.6) is 0 Å². The summed E-state index contributed by atoms with van der Waals surface area (Å²) in [6, 6.07) is 6.63. The number of anilines is 1. The fourth-order valence-corrected chi connectivity index (χ4v) is 4.47. The van der Waals surface area contributed by atoms with Crippen LogP contribution in [0, 0.1) is 5.82 Å². The Balaban J connectivity index is 1.33. The highest BCUT2D eigenvalue weighted by Gasteiger charge is 2.26. The second-order valence-corrected chi connectivity index (χ2v) is 8.11. The van der Waals surface area contributed by atoms with Gasteiger partial charge in [0.2, 0.25) is 0 Å². The summed E-state index contributed by atoms with van der Waals surface area (Å²) in [6.07, 6.45) is 4.33. The average molecular weight is 402 g/mol. The molecule has 28 heavy (non-hydrogen) atoms. The third-order valence-corrected chi connectivity index (χ3v) is 6.21. The summed E-state index contributed by atoms with van der Waals surface area (Å²) in [5.41, 5.74) is 1.28. The van der Waals surface area contributed by atoms with E-state index in [1.807, 2.05) is 0 Å². The van der Waals surface area contributed by atoms with E-state index in [0.717, 1.165) is 31.4 Å². The minimum atomic E-state index is -0.256. The highest BCUT2D eigenvalue weighted by atomic mass is 32.1. The monoisotopic (exact) mass is 402 g/mol. The number of piperazine rings is 1. The lowest BCUT2D eigenvalue weighted by molar-refractivity contribution is 0.0741. The zero-order chi connectivity index (χ0) is 19.5. The van der Waals surface area contributed by atoms with E-state index in [1.165, 1.54) is 23.5 Å². The van der Waals surface area contributed by atoms with Crippen molar-refractivity contribution < 1.29 is 14.0 Å². The minimum absolute atomic E-state index is 0.144. The maximum atomic E-state index is 13.1. The van der Waals surface area contributed by atoms with Gasteiger partial charge in [0.25, 0.3) is 11.8 Å². The van der Waals surface area contributed by atoms with Crippen LogP contribution < -0.4 is 10.2 Å². The molecule has 0 atom stereocenters. The molecule has 1 aliphatic heterocycles. The molecule has 1 saturated carbocycles. The number of thiazole rings is 1. The summed E-state index contributed by atoms with van der Waals surface area (Å²) in [5.74, 6) is -0.583. The van der Waals surface area contributed by atoms with Gasteiger partial charge in [-0.25, -0.2) is 9.37 Å². The SMILES string of the molecule is O=C(NC1CCCC1)c1nc(C(=O)N2CCN(c3ccc(F)cc3)CC2)cs1. The molecule has 2 fully saturated rings. The van der Waals surface area contributed by atoms with Crippen molar-refractivity contribution in [3.8, 4) is 0 Å². The molecule has 2 heterocycles. The highest BCUT2D eigenvalue weighted by Crippen LogP contribution is 2.20. The zero-order valence-corrected chi connectivity index (χ0v) is 16.4. The lowest BCUT2D eigenvalue weighted by Gasteiger charge is -2.35. The molecule has 1 aromatic heterocycles. The topological polar surface area (TPSA) is 65.5 Å². The second kappa shape index (κ2) is 8.26. The Labute approximate surface area is 167 Å². The van der Waals surface area contributed by atoms with Crippen molar-refractivity contribution in [2.45, 2.75) is 31.7 Å². The van der Waals surface area contributed by atoms with Crippen molar-refractivity contribution in [2.75, 3.05) is 31.1 Å². The Bertz CT molecular complexity index is 840. The molecule has 0 unspecified atom stereocenters. The number of rotatable bonds is 4. The fraction of sp³-hybridized carbons (Fsp3) is 0.450. The summed E-state index contributed by atoms with van der Waals surface area (Å²) in [6.45, 7) is 2.49. The second-order valence-electron chi connectivity index (χ2n) is 7.25. The van der Waals surface area contributed by atoms with E-state index in [4.69, 9.17) is 0 Å². The Kier molecular flexibility index (Phi) is 5.57. The summed E-state index contributed by atoms with van der Waals surface area (Å²) in [5, 5.41) is 5.02. The van der Waals surface area contributed by atoms with Crippen LogP contribution in [0.3, 0.4) is 0 Å². The summed E-state index contributed by atoms with van der Waals surface area (Å²) in [4.78, 5) is 33.2. The van der Waals surface area contributed by atoms with Gasteiger partial charge in [0.15, 0.2) is 5.01 Å². The third kappa shape index (κ3) is 4.16. The van der Waals surface area contributed by atoms with Crippen molar-refractivity contribution in [3.05, 3.63) is 46.2 Å². The first-order valence-corrected chi connectivity index (χ1v) is 10.5. The van der Waals surface area contributed by atoms with E-state index in [-0.39, 0.29) is 23.7 Å². The van der Waals surface area contributed by atoms with Gasteiger partial charge >= 0.3 is 0 Å². The molecular weight excluding hydrogens is 379 g/mol. The smallest absolute Gasteiger partial charge is 0.280 e. The van der Waals surface area contributed by atoms with E-state index in [1.54, 1.807) is 22.4 Å². The summed E-state index contributed by atoms with van der Waals surface area (Å²) >= 11 is 1.22. The van der Waals surface area contributed by atoms with Gasteiger partial charge in [0.1, 0.15) is 11.5 Å². The fourth-order valence-electron chi connectivity index (χ4n) is 3.78. The Morgan fingerprint density at radius 1 is 1.07 bits per heavy atom. The van der Waals surface area contributed by atoms with Gasteiger partial charge in [0.05, 0.1) is 0 Å². The first kappa shape index (κ1) is 18.9. The molecule has 148 valence electrons. The first-order chi connectivity index (χ1) is 13.6. The molecular formula is C20H23FN4O2S. The van der Waals surface area contributed by atoms with Gasteiger partial charge in [-0.05, 0) is 37.1 Å². The van der Waals surface area contributed by atoms with E-state index >= 15 is 0 Å². The predicted octanol–water partition coefficient (Wildman–Crippen LogP) is 2.92. The van der Waals surface area contributed by atoms with E-state index in [0.29, 0.717) is 36.9 Å². The molecule has 0 bridgehead atoms. The highest BCUT2D eigenvalue weighted by molar-refractivity contribution is 7.11. The zero-order valence-electron chi connectivity index (χ0n) is 15.6. The van der Waals surface area contributed by atoms with Gasteiger partial charge in [-0.1, -0.05) is 12.8 Å². The molecule has 4 rings (SSSR count). The third-order valence-electron chi connectivity index (χ3n) is 5.37. The standard InChI is InChI=1S/C20H23FN4O2S/c21-14-5-7-16(8-6-14)24-9-11-25(12-10-24)20(27)17-13-28-19(23-17)18(26)22-15-3-1-2-4-15/h5-8,13,15H,1-4,9-12H2,(H,22,26). The van der Waals surface area contributed by atoms with Gasteiger partial charge in [-0.3, -0.25) is 9.59 Å². The Morgan fingerprint density at radius 2 is 1.75 bits per heavy atom. The predicted molar refractivity (Wildman–Crippen MR) is 106 cm³/mol. The number of aromatic nitrogens is 1. The van der Waals surface area contributed by atoms with Crippen molar-refractivity contribution in [2.24, 2.45) is 0 Å². The lowest BCUT2D eigenvalue weighted by atomic mass is 10.2. The van der Waals surface area contributed by atoms with Gasteiger partial charge in [0, 0.05) is 43.3 Å². The van der Waals surface area contributed by atoms with Crippen molar-refractivity contribution in [1.82, 2.24) is 15.2 Å².